The van der Waals surface area contributed by atoms with E-state index in [0.717, 1.165) is 31.2 Å². The summed E-state index contributed by atoms with van der Waals surface area (Å²) in [7, 11) is -3.76. The van der Waals surface area contributed by atoms with Gasteiger partial charge in [0.1, 0.15) is 5.69 Å². The summed E-state index contributed by atoms with van der Waals surface area (Å²) in [5, 5.41) is 22.6. The maximum Gasteiger partial charge on any atom is 0.293 e. The lowest BCUT2D eigenvalue weighted by Gasteiger charge is -2.35. The maximum atomic E-state index is 13.1. The highest BCUT2D eigenvalue weighted by Crippen LogP contribution is 2.37. The van der Waals surface area contributed by atoms with Crippen LogP contribution in [0.4, 0.5) is 11.4 Å². The topological polar surface area (TPSA) is 104 Å². The number of rotatable bonds is 6. The standard InChI is InChI=1S/C24H31N3O5S/c28-24(19-8-4-3-5-9-19)20-12-16-25(17-13-20)22-11-10-21(18-23(22)27(29)30)33(31,32)26-14-6-1-2-7-15-26/h3-5,8-11,18,20,24,28H,1-2,6-7,12-17H2/t24-/m1/s1. The van der Waals surface area contributed by atoms with Gasteiger partial charge in [0.05, 0.1) is 15.9 Å². The Hall–Kier alpha value is -2.49. The summed E-state index contributed by atoms with van der Waals surface area (Å²) in [5.41, 5.74) is 1.13. The predicted octanol–water partition coefficient (Wildman–Crippen LogP) is 4.11. The van der Waals surface area contributed by atoms with Crippen LogP contribution >= 0.6 is 0 Å². The Morgan fingerprint density at radius 3 is 2.18 bits per heavy atom. The quantitative estimate of drug-likeness (QED) is 0.500. The van der Waals surface area contributed by atoms with E-state index in [1.165, 1.54) is 16.4 Å². The molecule has 2 fully saturated rings. The molecule has 178 valence electrons. The zero-order valence-electron chi connectivity index (χ0n) is 18.7. The van der Waals surface area contributed by atoms with Crippen molar-refractivity contribution in [3.05, 3.63) is 64.2 Å². The average Bonchev–Trinajstić information content (AvgIpc) is 3.14. The summed E-state index contributed by atoms with van der Waals surface area (Å²) < 4.78 is 27.7. The number of nitro groups is 1. The number of aliphatic hydroxyl groups excluding tert-OH is 1. The Morgan fingerprint density at radius 2 is 1.58 bits per heavy atom. The Kier molecular flexibility index (Phi) is 7.31. The smallest absolute Gasteiger partial charge is 0.293 e. The lowest BCUT2D eigenvalue weighted by molar-refractivity contribution is -0.384. The van der Waals surface area contributed by atoms with Gasteiger partial charge in [0.2, 0.25) is 10.0 Å². The number of aliphatic hydroxyl groups is 1. The van der Waals surface area contributed by atoms with Crippen molar-refractivity contribution in [2.75, 3.05) is 31.1 Å². The van der Waals surface area contributed by atoms with Gasteiger partial charge in [-0.15, -0.1) is 0 Å². The Labute approximate surface area is 195 Å². The highest BCUT2D eigenvalue weighted by atomic mass is 32.2. The number of hydrogen-bond acceptors (Lipinski definition) is 6. The van der Waals surface area contributed by atoms with Crippen molar-refractivity contribution in [3.8, 4) is 0 Å². The van der Waals surface area contributed by atoms with Gasteiger partial charge >= 0.3 is 0 Å². The molecule has 2 aromatic rings. The van der Waals surface area contributed by atoms with Crippen LogP contribution in [0.25, 0.3) is 0 Å². The number of anilines is 1. The van der Waals surface area contributed by atoms with Crippen molar-refractivity contribution in [1.29, 1.82) is 0 Å². The SMILES string of the molecule is O=[N+]([O-])c1cc(S(=O)(=O)N2CCCCCC2)ccc1N1CCC([C@H](O)c2ccccc2)CC1. The predicted molar refractivity (Wildman–Crippen MR) is 127 cm³/mol. The van der Waals surface area contributed by atoms with Gasteiger partial charge in [0.25, 0.3) is 5.69 Å². The summed E-state index contributed by atoms with van der Waals surface area (Å²) in [4.78, 5) is 13.3. The summed E-state index contributed by atoms with van der Waals surface area (Å²) in [6, 6.07) is 13.8. The lowest BCUT2D eigenvalue weighted by Crippen LogP contribution is -2.36. The van der Waals surface area contributed by atoms with Crippen molar-refractivity contribution in [1.82, 2.24) is 4.31 Å². The molecule has 2 aromatic carbocycles. The molecule has 33 heavy (non-hydrogen) atoms. The van der Waals surface area contributed by atoms with Crippen LogP contribution in [0.1, 0.15) is 50.2 Å². The molecule has 0 aromatic heterocycles. The highest BCUT2D eigenvalue weighted by Gasteiger charge is 2.32. The molecule has 0 saturated carbocycles. The third-order valence-corrected chi connectivity index (χ3v) is 8.71. The van der Waals surface area contributed by atoms with Crippen molar-refractivity contribution in [3.63, 3.8) is 0 Å². The zero-order valence-corrected chi connectivity index (χ0v) is 19.5. The lowest BCUT2D eigenvalue weighted by atomic mass is 9.87. The molecule has 2 aliphatic rings. The van der Waals surface area contributed by atoms with E-state index in [1.807, 2.05) is 35.2 Å². The van der Waals surface area contributed by atoms with E-state index in [9.17, 15) is 23.6 Å². The van der Waals surface area contributed by atoms with Gasteiger partial charge in [-0.2, -0.15) is 4.31 Å². The normalized spacial score (nSPS) is 19.7. The van der Waals surface area contributed by atoms with Gasteiger partial charge in [-0.3, -0.25) is 10.1 Å². The van der Waals surface area contributed by atoms with Crippen molar-refractivity contribution >= 4 is 21.4 Å². The summed E-state index contributed by atoms with van der Waals surface area (Å²) in [6.45, 7) is 2.03. The summed E-state index contributed by atoms with van der Waals surface area (Å²) in [6.07, 6.45) is 4.44. The van der Waals surface area contributed by atoms with Gasteiger partial charge in [-0.25, -0.2) is 8.42 Å². The fourth-order valence-electron chi connectivity index (χ4n) is 4.89. The number of sulfonamides is 1. The first-order chi connectivity index (χ1) is 15.9. The van der Waals surface area contributed by atoms with Crippen LogP contribution in [-0.4, -0.2) is 48.9 Å². The van der Waals surface area contributed by atoms with Gasteiger partial charge in [-0.05, 0) is 49.3 Å². The molecule has 0 radical (unpaired) electrons. The van der Waals surface area contributed by atoms with Crippen molar-refractivity contribution < 1.29 is 18.4 Å². The molecule has 1 atom stereocenters. The molecule has 0 bridgehead atoms. The molecule has 8 nitrogen and oxygen atoms in total. The minimum Gasteiger partial charge on any atom is -0.388 e. The number of nitro benzene ring substituents is 1. The molecule has 1 N–H and O–H groups in total. The largest absolute Gasteiger partial charge is 0.388 e. The van der Waals surface area contributed by atoms with Crippen LogP contribution in [0.3, 0.4) is 0 Å². The molecule has 4 rings (SSSR count). The van der Waals surface area contributed by atoms with Gasteiger partial charge in [0.15, 0.2) is 0 Å². The van der Waals surface area contributed by atoms with E-state index in [0.29, 0.717) is 44.7 Å². The van der Waals surface area contributed by atoms with Crippen LogP contribution in [0.2, 0.25) is 0 Å². The molecular weight excluding hydrogens is 442 g/mol. The Balaban J connectivity index is 1.51. The van der Waals surface area contributed by atoms with E-state index in [1.54, 1.807) is 6.07 Å². The second-order valence-corrected chi connectivity index (χ2v) is 10.8. The Morgan fingerprint density at radius 1 is 0.939 bits per heavy atom. The van der Waals surface area contributed by atoms with Crippen LogP contribution in [-0.2, 0) is 10.0 Å². The number of benzene rings is 2. The summed E-state index contributed by atoms with van der Waals surface area (Å²) >= 11 is 0. The molecule has 0 amide bonds. The zero-order chi connectivity index (χ0) is 23.4. The third kappa shape index (κ3) is 5.20. The van der Waals surface area contributed by atoms with E-state index < -0.39 is 21.1 Å². The van der Waals surface area contributed by atoms with Gasteiger partial charge in [0, 0.05) is 32.2 Å². The van der Waals surface area contributed by atoms with Crippen LogP contribution in [0.5, 0.6) is 0 Å². The summed E-state index contributed by atoms with van der Waals surface area (Å²) in [5.74, 6) is 0.0744. The molecule has 0 spiro atoms. The number of piperidine rings is 1. The van der Waals surface area contributed by atoms with Crippen LogP contribution < -0.4 is 4.90 Å². The first kappa shape index (κ1) is 23.7. The van der Waals surface area contributed by atoms with Crippen LogP contribution in [0.15, 0.2) is 53.4 Å². The second-order valence-electron chi connectivity index (χ2n) is 8.91. The molecule has 2 aliphatic heterocycles. The monoisotopic (exact) mass is 473 g/mol. The first-order valence-electron chi connectivity index (χ1n) is 11.6. The highest BCUT2D eigenvalue weighted by molar-refractivity contribution is 7.89. The fourth-order valence-corrected chi connectivity index (χ4v) is 6.42. The van der Waals surface area contributed by atoms with Gasteiger partial charge < -0.3 is 10.0 Å². The molecular formula is C24H31N3O5S. The van der Waals surface area contributed by atoms with E-state index in [-0.39, 0.29) is 16.5 Å². The molecule has 0 aliphatic carbocycles. The number of nitrogens with zero attached hydrogens (tertiary/aromatic N) is 3. The van der Waals surface area contributed by atoms with E-state index in [4.69, 9.17) is 0 Å². The van der Waals surface area contributed by atoms with Gasteiger partial charge in [-0.1, -0.05) is 43.2 Å². The number of hydrogen-bond donors (Lipinski definition) is 1. The Bertz CT molecular complexity index is 1060. The molecule has 2 saturated heterocycles. The minimum absolute atomic E-state index is 0.0192. The molecule has 2 heterocycles. The van der Waals surface area contributed by atoms with Crippen LogP contribution in [0, 0.1) is 16.0 Å². The third-order valence-electron chi connectivity index (χ3n) is 6.81. The second kappa shape index (κ2) is 10.2. The first-order valence-corrected chi connectivity index (χ1v) is 13.1. The minimum atomic E-state index is -3.76. The van der Waals surface area contributed by atoms with E-state index >= 15 is 0 Å². The van der Waals surface area contributed by atoms with Crippen molar-refractivity contribution in [2.24, 2.45) is 5.92 Å². The maximum absolute atomic E-state index is 13.1. The molecule has 0 unspecified atom stereocenters. The van der Waals surface area contributed by atoms with Crippen molar-refractivity contribution in [2.45, 2.75) is 49.5 Å². The average molecular weight is 474 g/mol. The van der Waals surface area contributed by atoms with E-state index in [2.05, 4.69) is 0 Å². The fraction of sp³-hybridized carbons (Fsp3) is 0.500. The molecule has 9 heteroatoms.